The first-order chi connectivity index (χ1) is 17.5. The summed E-state index contributed by atoms with van der Waals surface area (Å²) in [5.74, 6) is 0.0175. The Labute approximate surface area is 216 Å². The van der Waals surface area contributed by atoms with Gasteiger partial charge in [0.05, 0.1) is 0 Å². The molecule has 1 aliphatic heterocycles. The van der Waals surface area contributed by atoms with Gasteiger partial charge in [0, 0.05) is 23.0 Å². The van der Waals surface area contributed by atoms with Crippen LogP contribution in [0.15, 0.2) is 35.5 Å². The van der Waals surface area contributed by atoms with Crippen LogP contribution in [0.4, 0.5) is 0 Å². The second kappa shape index (κ2) is 14.8. The summed E-state index contributed by atoms with van der Waals surface area (Å²) in [4.78, 5) is 31.3. The number of para-hydroxylation sites is 1. The predicted octanol–water partition coefficient (Wildman–Crippen LogP) is 7.25. The van der Waals surface area contributed by atoms with E-state index in [0.29, 0.717) is 11.8 Å². The largest absolute Gasteiger partial charge is 0.454 e. The average molecular weight is 496 g/mol. The van der Waals surface area contributed by atoms with E-state index in [1.807, 2.05) is 6.92 Å². The van der Waals surface area contributed by atoms with Crippen LogP contribution in [0.3, 0.4) is 0 Å². The molecule has 0 unspecified atom stereocenters. The number of aromatic nitrogens is 1. The van der Waals surface area contributed by atoms with Crippen LogP contribution < -0.4 is 5.32 Å². The Morgan fingerprint density at radius 1 is 1.03 bits per heavy atom. The normalized spacial score (nSPS) is 16.0. The summed E-state index contributed by atoms with van der Waals surface area (Å²) in [6.45, 7) is 6.42. The number of fused-ring (bicyclic) bond motifs is 1. The van der Waals surface area contributed by atoms with Crippen molar-refractivity contribution in [2.45, 2.75) is 104 Å². The molecule has 1 aromatic carbocycles. The highest BCUT2D eigenvalue weighted by molar-refractivity contribution is 6.03. The van der Waals surface area contributed by atoms with E-state index in [9.17, 15) is 9.59 Å². The maximum absolute atomic E-state index is 12.8. The third-order valence-corrected chi connectivity index (χ3v) is 7.64. The van der Waals surface area contributed by atoms with E-state index in [4.69, 9.17) is 4.74 Å². The SMILES string of the molecule is CCCCCCCCCCCC[C@@H](C[C@H](C)C(=O)NC1=NC(=O)CO1)[C@@H](C)c1c[nH]c2ccccc12. The van der Waals surface area contributed by atoms with E-state index in [0.717, 1.165) is 18.4 Å². The molecule has 0 radical (unpaired) electrons. The number of nitrogens with zero attached hydrogens (tertiary/aromatic N) is 1. The third kappa shape index (κ3) is 8.49. The fourth-order valence-corrected chi connectivity index (χ4v) is 5.35. The van der Waals surface area contributed by atoms with Crippen molar-refractivity contribution in [1.82, 2.24) is 10.3 Å². The average Bonchev–Trinajstić information content (AvgIpc) is 3.49. The van der Waals surface area contributed by atoms with Crippen molar-refractivity contribution in [1.29, 1.82) is 0 Å². The summed E-state index contributed by atoms with van der Waals surface area (Å²) < 4.78 is 5.15. The van der Waals surface area contributed by atoms with Crippen LogP contribution in [-0.4, -0.2) is 29.4 Å². The number of rotatable bonds is 16. The van der Waals surface area contributed by atoms with Gasteiger partial charge < -0.3 is 9.72 Å². The standard InChI is InChI=1S/C30H45N3O3/c1-4-5-6-7-8-9-10-11-12-13-16-24(19-22(2)29(35)33-30-32-28(34)21-36-30)23(3)26-20-31-27-18-15-14-17-25(26)27/h14-15,17-18,20,22-24,31H,4-13,16,19,21H2,1-3H3,(H,32,33,34,35)/t22-,23+,24-/m0/s1. The smallest absolute Gasteiger partial charge is 0.299 e. The van der Waals surface area contributed by atoms with Gasteiger partial charge in [0.1, 0.15) is 0 Å². The molecule has 2 amide bonds. The number of benzene rings is 1. The Balaban J connectivity index is 1.54. The van der Waals surface area contributed by atoms with Gasteiger partial charge in [0.2, 0.25) is 5.91 Å². The first-order valence-corrected chi connectivity index (χ1v) is 14.1. The minimum Gasteiger partial charge on any atom is -0.454 e. The number of hydrogen-bond acceptors (Lipinski definition) is 3. The van der Waals surface area contributed by atoms with Crippen LogP contribution in [0, 0.1) is 11.8 Å². The zero-order valence-electron chi connectivity index (χ0n) is 22.5. The summed E-state index contributed by atoms with van der Waals surface area (Å²) in [5, 5.41) is 3.95. The lowest BCUT2D eigenvalue weighted by atomic mass is 9.78. The quantitative estimate of drug-likeness (QED) is 0.240. The number of carbonyl (C=O) groups is 2. The Morgan fingerprint density at radius 3 is 2.36 bits per heavy atom. The number of unbranched alkanes of at least 4 members (excludes halogenated alkanes) is 9. The van der Waals surface area contributed by atoms with Crippen molar-refractivity contribution < 1.29 is 14.3 Å². The number of hydrogen-bond donors (Lipinski definition) is 2. The molecular formula is C30H45N3O3. The number of amides is 2. The van der Waals surface area contributed by atoms with E-state index < -0.39 is 0 Å². The topological polar surface area (TPSA) is 83.6 Å². The third-order valence-electron chi connectivity index (χ3n) is 7.64. The van der Waals surface area contributed by atoms with Gasteiger partial charge in [-0.1, -0.05) is 103 Å². The first kappa shape index (κ1) is 27.9. The molecule has 0 fully saturated rings. The van der Waals surface area contributed by atoms with Crippen molar-refractivity contribution >= 4 is 28.7 Å². The van der Waals surface area contributed by atoms with Crippen molar-refractivity contribution in [2.75, 3.05) is 6.61 Å². The Bertz CT molecular complexity index is 996. The monoisotopic (exact) mass is 495 g/mol. The summed E-state index contributed by atoms with van der Waals surface area (Å²) in [6.07, 6.45) is 17.2. The Hall–Kier alpha value is -2.63. The molecule has 0 bridgehead atoms. The van der Waals surface area contributed by atoms with E-state index >= 15 is 0 Å². The van der Waals surface area contributed by atoms with Crippen LogP contribution in [0.25, 0.3) is 10.9 Å². The van der Waals surface area contributed by atoms with Gasteiger partial charge >= 0.3 is 0 Å². The van der Waals surface area contributed by atoms with Crippen molar-refractivity contribution in [3.63, 3.8) is 0 Å². The summed E-state index contributed by atoms with van der Waals surface area (Å²) in [7, 11) is 0. The fourth-order valence-electron chi connectivity index (χ4n) is 5.35. The van der Waals surface area contributed by atoms with Gasteiger partial charge in [-0.2, -0.15) is 4.99 Å². The number of nitrogens with one attached hydrogen (secondary N) is 2. The molecule has 3 atom stereocenters. The maximum atomic E-state index is 12.8. The zero-order chi connectivity index (χ0) is 25.8. The highest BCUT2D eigenvalue weighted by Gasteiger charge is 2.27. The van der Waals surface area contributed by atoms with Gasteiger partial charge in [0.15, 0.2) is 6.61 Å². The zero-order valence-corrected chi connectivity index (χ0v) is 22.5. The number of aromatic amines is 1. The van der Waals surface area contributed by atoms with Gasteiger partial charge in [-0.3, -0.25) is 14.9 Å². The molecule has 1 aliphatic rings. The van der Waals surface area contributed by atoms with Crippen LogP contribution in [0.2, 0.25) is 0 Å². The highest BCUT2D eigenvalue weighted by Crippen LogP contribution is 2.37. The number of H-pyrrole nitrogens is 1. The van der Waals surface area contributed by atoms with Gasteiger partial charge in [-0.15, -0.1) is 0 Å². The summed E-state index contributed by atoms with van der Waals surface area (Å²) in [6, 6.07) is 8.47. The molecule has 2 aromatic rings. The molecule has 6 nitrogen and oxygen atoms in total. The maximum Gasteiger partial charge on any atom is 0.299 e. The second-order valence-corrected chi connectivity index (χ2v) is 10.5. The molecule has 0 spiro atoms. The molecule has 6 heteroatoms. The van der Waals surface area contributed by atoms with Crippen LogP contribution in [-0.2, 0) is 14.3 Å². The predicted molar refractivity (Wildman–Crippen MR) is 147 cm³/mol. The molecule has 198 valence electrons. The van der Waals surface area contributed by atoms with E-state index in [1.165, 1.54) is 75.2 Å². The molecule has 0 saturated heterocycles. The molecule has 2 heterocycles. The number of carbonyl (C=O) groups excluding carboxylic acids is 2. The van der Waals surface area contributed by atoms with E-state index in [2.05, 4.69) is 59.6 Å². The Morgan fingerprint density at radius 2 is 1.69 bits per heavy atom. The lowest BCUT2D eigenvalue weighted by molar-refractivity contribution is -0.124. The lowest BCUT2D eigenvalue weighted by Crippen LogP contribution is -2.36. The van der Waals surface area contributed by atoms with Crippen molar-refractivity contribution in [3.05, 3.63) is 36.0 Å². The second-order valence-electron chi connectivity index (χ2n) is 10.5. The number of aliphatic imine (C=N–C) groups is 1. The van der Waals surface area contributed by atoms with Crippen molar-refractivity contribution in [2.24, 2.45) is 16.8 Å². The van der Waals surface area contributed by atoms with Crippen LogP contribution in [0.5, 0.6) is 0 Å². The molecule has 2 N–H and O–H groups in total. The van der Waals surface area contributed by atoms with Crippen LogP contribution >= 0.6 is 0 Å². The summed E-state index contributed by atoms with van der Waals surface area (Å²) in [5.41, 5.74) is 2.48. The van der Waals surface area contributed by atoms with Crippen molar-refractivity contribution in [3.8, 4) is 0 Å². The molecule has 3 rings (SSSR count). The minimum absolute atomic E-state index is 0.0350. The highest BCUT2D eigenvalue weighted by atomic mass is 16.5. The number of ether oxygens (including phenoxy) is 1. The molecule has 0 saturated carbocycles. The van der Waals surface area contributed by atoms with Crippen LogP contribution in [0.1, 0.15) is 109 Å². The number of amidine groups is 1. The molecule has 36 heavy (non-hydrogen) atoms. The Kier molecular flexibility index (Phi) is 11.5. The fraction of sp³-hybridized carbons (Fsp3) is 0.633. The van der Waals surface area contributed by atoms with Gasteiger partial charge in [0.25, 0.3) is 11.9 Å². The van der Waals surface area contributed by atoms with Gasteiger partial charge in [-0.05, 0) is 36.3 Å². The lowest BCUT2D eigenvalue weighted by Gasteiger charge is -2.26. The van der Waals surface area contributed by atoms with E-state index in [-0.39, 0.29) is 30.4 Å². The minimum atomic E-state index is -0.357. The molecular weight excluding hydrogens is 450 g/mol. The van der Waals surface area contributed by atoms with Gasteiger partial charge in [-0.25, -0.2) is 0 Å². The molecule has 1 aromatic heterocycles. The van der Waals surface area contributed by atoms with E-state index in [1.54, 1.807) is 0 Å². The first-order valence-electron chi connectivity index (χ1n) is 14.1. The summed E-state index contributed by atoms with van der Waals surface area (Å²) >= 11 is 0. The molecule has 0 aliphatic carbocycles.